The molecule has 41 nitrogen and oxygen atoms in total. The number of unbranched alkanes of at least 4 members (excludes halogenated alkanes) is 11. The number of carbonyl (C=O) groups excluding carboxylic acids is 9. The highest BCUT2D eigenvalue weighted by Gasteiger charge is 2.47. The second-order valence-corrected chi connectivity index (χ2v) is 34.1. The summed E-state index contributed by atoms with van der Waals surface area (Å²) in [6.45, 7) is 5.30. The first-order chi connectivity index (χ1) is 59.2. The molecule has 1 saturated carbocycles. The minimum Gasteiger partial charge on any atom is -0.396 e. The average Bonchev–Trinajstić information content (AvgIpc) is 0.801. The number of phosphoric ester groups is 1. The third kappa shape index (κ3) is 43.5. The van der Waals surface area contributed by atoms with Gasteiger partial charge in [0.15, 0.2) is 24.7 Å². The number of Topliss-reactive ketones (excluding diaryl/α,β-unsaturated/α-hetero) is 2. The van der Waals surface area contributed by atoms with Crippen LogP contribution < -0.4 is 37.2 Å². The van der Waals surface area contributed by atoms with Gasteiger partial charge >= 0.3 is 7.82 Å². The van der Waals surface area contributed by atoms with Crippen molar-refractivity contribution in [2.24, 2.45) is 23.7 Å². The molecular weight excluding hydrogens is 1660 g/mol. The topological polar surface area (TPSA) is 630 Å². The molecule has 3 heterocycles. The molecule has 124 heavy (non-hydrogen) atoms. The lowest BCUT2D eigenvalue weighted by Gasteiger charge is -2.42. The summed E-state index contributed by atoms with van der Waals surface area (Å²) in [6, 6.07) is -4.41. The predicted molar refractivity (Wildman–Crippen MR) is 442 cm³/mol. The predicted octanol–water partition coefficient (Wildman–Crippen LogP) is -1.72. The highest BCUT2D eigenvalue weighted by Crippen LogP contribution is 2.36. The maximum Gasteiger partial charge on any atom is 0.469 e. The van der Waals surface area contributed by atoms with Crippen LogP contribution >= 0.6 is 7.82 Å². The molecule has 3 aliphatic heterocycles. The van der Waals surface area contributed by atoms with E-state index in [2.05, 4.69) is 41.7 Å². The van der Waals surface area contributed by atoms with Crippen molar-refractivity contribution in [3.05, 3.63) is 0 Å². The third-order valence-corrected chi connectivity index (χ3v) is 23.2. The third-order valence-electron chi connectivity index (χ3n) is 22.7. The zero-order valence-electron chi connectivity index (χ0n) is 72.7. The molecule has 720 valence electrons. The van der Waals surface area contributed by atoms with Gasteiger partial charge in [-0.1, -0.05) is 46.5 Å². The molecule has 0 aromatic heterocycles. The second kappa shape index (κ2) is 63.0. The molecule has 23 atom stereocenters. The molecule has 3 saturated heterocycles. The summed E-state index contributed by atoms with van der Waals surface area (Å²) in [6.07, 6.45) is -7.31. The summed E-state index contributed by atoms with van der Waals surface area (Å²) in [5.41, 5.74) is 0. The van der Waals surface area contributed by atoms with E-state index in [4.69, 9.17) is 52.4 Å². The molecule has 4 aliphatic rings. The van der Waals surface area contributed by atoms with Crippen LogP contribution in [0.15, 0.2) is 0 Å². The Kier molecular flexibility index (Phi) is 56.5. The number of ketones is 2. The zero-order chi connectivity index (χ0) is 91.5. The molecule has 0 spiro atoms. The summed E-state index contributed by atoms with van der Waals surface area (Å²) in [5, 5.41) is 142. The molecule has 1 aliphatic carbocycles. The Morgan fingerprint density at radius 3 is 1.35 bits per heavy atom. The normalized spacial score (nSPS) is 27.3. The number of aliphatic hydroxyl groups excluding tert-OH is 12. The van der Waals surface area contributed by atoms with Gasteiger partial charge in [0.1, 0.15) is 73.2 Å². The van der Waals surface area contributed by atoms with E-state index in [1.54, 1.807) is 20.8 Å². The fraction of sp³-hybridized carbons (Fsp3) is 0.890. The maximum atomic E-state index is 14.6. The van der Waals surface area contributed by atoms with Crippen LogP contribution in [-0.4, -0.2) is 346 Å². The van der Waals surface area contributed by atoms with Gasteiger partial charge in [0.25, 0.3) is 0 Å². The quantitative estimate of drug-likeness (QED) is 0.0238. The number of nitrogens with one attached hydrogen (secondary N) is 7. The first kappa shape index (κ1) is 111. The molecule has 21 N–H and O–H groups in total. The number of carbonyl (C=O) groups is 9. The lowest BCUT2D eigenvalue weighted by atomic mass is 9.77. The van der Waals surface area contributed by atoms with Gasteiger partial charge in [-0.05, 0) is 128 Å². The van der Waals surface area contributed by atoms with Gasteiger partial charge in [-0.25, -0.2) is 4.57 Å². The summed E-state index contributed by atoms with van der Waals surface area (Å²) >= 11 is 0. The van der Waals surface area contributed by atoms with Crippen molar-refractivity contribution in [1.29, 1.82) is 0 Å². The van der Waals surface area contributed by atoms with Gasteiger partial charge in [0, 0.05) is 128 Å². The average molecular weight is 1810 g/mol. The number of aliphatic hydroxyl groups is 12. The van der Waals surface area contributed by atoms with Crippen LogP contribution in [0, 0.1) is 23.7 Å². The molecule has 0 unspecified atom stereocenters. The summed E-state index contributed by atoms with van der Waals surface area (Å²) < 4.78 is 66.8. The van der Waals surface area contributed by atoms with Crippen molar-refractivity contribution in [2.45, 2.75) is 337 Å². The molecule has 7 amide bonds. The smallest absolute Gasteiger partial charge is 0.396 e. The molecule has 0 bridgehead atoms. The molecule has 4 rings (SSSR count). The van der Waals surface area contributed by atoms with E-state index in [1.165, 1.54) is 6.92 Å². The Hall–Kier alpha value is -5.10. The Balaban J connectivity index is 1.41. The lowest BCUT2D eigenvalue weighted by molar-refractivity contribution is -0.282. The van der Waals surface area contributed by atoms with Crippen LogP contribution in [0.25, 0.3) is 0 Å². The number of hydrogen-bond donors (Lipinski definition) is 21. The van der Waals surface area contributed by atoms with Crippen molar-refractivity contribution in [2.75, 3.05) is 106 Å². The first-order valence-electron chi connectivity index (χ1n) is 44.4. The van der Waals surface area contributed by atoms with Crippen LogP contribution in [-0.2, 0) is 94.9 Å². The largest absolute Gasteiger partial charge is 0.469 e. The number of hydrogen-bond acceptors (Lipinski definition) is 32. The summed E-state index contributed by atoms with van der Waals surface area (Å²) in [5.74, 6) is -5.78. The number of rotatable bonds is 68. The van der Waals surface area contributed by atoms with E-state index >= 15 is 0 Å². The van der Waals surface area contributed by atoms with Crippen molar-refractivity contribution in [1.82, 2.24) is 37.2 Å². The Bertz CT molecular complexity index is 3080. The van der Waals surface area contributed by atoms with Crippen LogP contribution in [0.4, 0.5) is 0 Å². The monoisotopic (exact) mass is 1810 g/mol. The second-order valence-electron chi connectivity index (χ2n) is 32.8. The van der Waals surface area contributed by atoms with Crippen molar-refractivity contribution in [3.8, 4) is 0 Å². The maximum absolute atomic E-state index is 14.6. The van der Waals surface area contributed by atoms with E-state index in [0.29, 0.717) is 122 Å². The Labute approximate surface area is 726 Å². The van der Waals surface area contributed by atoms with Gasteiger partial charge in [-0.3, -0.25) is 47.7 Å². The molecule has 0 aromatic rings. The van der Waals surface area contributed by atoms with Gasteiger partial charge in [-0.2, -0.15) is 0 Å². The number of phosphoric acid groups is 1. The molecule has 0 aromatic carbocycles. The van der Waals surface area contributed by atoms with Crippen molar-refractivity contribution in [3.63, 3.8) is 0 Å². The van der Waals surface area contributed by atoms with Crippen LogP contribution in [0.5, 0.6) is 0 Å². The zero-order valence-corrected chi connectivity index (χ0v) is 73.6. The van der Waals surface area contributed by atoms with E-state index < -0.39 is 185 Å². The first-order valence-corrected chi connectivity index (χ1v) is 46.0. The van der Waals surface area contributed by atoms with E-state index in [-0.39, 0.29) is 191 Å². The van der Waals surface area contributed by atoms with Gasteiger partial charge in [-0.15, -0.1) is 0 Å². The molecule has 42 heteroatoms. The summed E-state index contributed by atoms with van der Waals surface area (Å²) in [7, 11) is -4.53. The van der Waals surface area contributed by atoms with Gasteiger partial charge in [0.05, 0.1) is 76.2 Å². The Morgan fingerprint density at radius 1 is 0.387 bits per heavy atom. The van der Waals surface area contributed by atoms with Gasteiger partial charge < -0.3 is 151 Å². The van der Waals surface area contributed by atoms with Crippen LogP contribution in [0.2, 0.25) is 0 Å². The van der Waals surface area contributed by atoms with E-state index in [9.17, 15) is 109 Å². The molecule has 4 fully saturated rings. The summed E-state index contributed by atoms with van der Waals surface area (Å²) in [4.78, 5) is 138. The molecular formula is C82H148N7O34P. The number of ether oxygens (including phenoxy) is 9. The highest BCUT2D eigenvalue weighted by molar-refractivity contribution is 7.46. The minimum atomic E-state index is -4.53. The lowest BCUT2D eigenvalue weighted by Crippen LogP contribution is -2.64. The fourth-order valence-corrected chi connectivity index (χ4v) is 15.3. The standard InChI is InChI=1S/C82H148N7O34P/c1-51-61(45-55(46-90)73(104)70(51)101)116-38-21-13-31-65(97)83-35-17-11-29-59(88-67(99)33-15-23-40-118-81-53(3)72(103)75(106)63(48-92)122-81)79(110)89-57(60(96)30-24-37-114-43-44-115-50-68(100)84-34-16-5-6-19-42-120-124(111,112)113)27-10-18-36-85-78(109)58(87-66(98)32-14-22-39-117-80-52(2)71(102)74(105)62(47-91)121-80)28-9-7-8-25-56(95)26-12-20-41-119-82-69(86-54(4)94)77(108)76(107)64(49-93)123-82/h51-53,55,57-59,61-64,69-77,80-82,90-93,101-108H,5-50H2,1-4H3,(H,83,97)(H,84,100)(H,85,109)(H,86,94)(H,87,98)(H,88,99)(H,89,110)(H2,111,112,113)/t51-,52+,53+,55+,57-,58-,59-,61+,62+,63+,64+,69+,70+,71+,72+,73-,74-,75-,76-,77+,80+,81+,82+/m0/s1. The van der Waals surface area contributed by atoms with Crippen LogP contribution in [0.1, 0.15) is 220 Å². The van der Waals surface area contributed by atoms with Crippen molar-refractivity contribution >= 4 is 60.7 Å². The molecule has 0 radical (unpaired) electrons. The van der Waals surface area contributed by atoms with Crippen molar-refractivity contribution < 1.29 is 166 Å². The number of amides is 7. The van der Waals surface area contributed by atoms with Crippen LogP contribution in [0.3, 0.4) is 0 Å². The van der Waals surface area contributed by atoms with E-state index in [1.807, 2.05) is 0 Å². The van der Waals surface area contributed by atoms with Gasteiger partial charge in [0.2, 0.25) is 41.4 Å². The minimum absolute atomic E-state index is 0.0107. The Morgan fingerprint density at radius 2 is 0.815 bits per heavy atom. The SMILES string of the molecule is CC(=O)N[C@H]1[C@H](OCCCCC(=O)CCCCC[C@H](NC(=O)CCCCO[C@@H]2O[C@H](CO)[C@H](O)[C@H](O)[C@H]2C)C(=O)NCCCC[C@H](NC(=O)[C@H](CCCCNC(=O)CCCCO[C@@H]2C[C@H](CO)[C@H](O)[C@H](O)[C@H]2C)NC(=O)CCCCO[C@@H]2O[C@H](CO)[C@H](O)[C@H](O)[C@H]2C)C(=O)CCCOCCOCC(=O)NCCCCCCOP(=O)(O)O)O[C@H](CO)[C@H](O)[C@@H]1O. The highest BCUT2D eigenvalue weighted by atomic mass is 31.2. The van der Waals surface area contributed by atoms with E-state index in [0.717, 1.165) is 0 Å². The fourth-order valence-electron chi connectivity index (χ4n) is 14.9.